The molecule has 0 unspecified atom stereocenters. The van der Waals surface area contributed by atoms with E-state index >= 15 is 0 Å². The third kappa shape index (κ3) is 2.23. The first-order valence-electron chi connectivity index (χ1n) is 7.37. The lowest BCUT2D eigenvalue weighted by Gasteiger charge is -2.29. The highest BCUT2D eigenvalue weighted by Crippen LogP contribution is 2.35. The quantitative estimate of drug-likeness (QED) is 0.789. The van der Waals surface area contributed by atoms with Gasteiger partial charge in [-0.25, -0.2) is 9.37 Å². The Hall–Kier alpha value is -2.40. The van der Waals surface area contributed by atoms with Gasteiger partial charge in [0, 0.05) is 36.4 Å². The molecular weight excluding hydrogens is 281 g/mol. The molecule has 4 nitrogen and oxygen atoms in total. The van der Waals surface area contributed by atoms with Gasteiger partial charge in [0.1, 0.15) is 11.5 Å². The van der Waals surface area contributed by atoms with E-state index in [-0.39, 0.29) is 5.82 Å². The number of anilines is 1. The number of rotatable bonds is 2. The molecule has 2 aromatic heterocycles. The van der Waals surface area contributed by atoms with Crippen molar-refractivity contribution in [1.29, 1.82) is 0 Å². The number of halogens is 1. The lowest BCUT2D eigenvalue weighted by molar-refractivity contribution is 0.123. The molecule has 0 bridgehead atoms. The van der Waals surface area contributed by atoms with Gasteiger partial charge in [0.05, 0.1) is 18.9 Å². The molecule has 1 N–H and O–H groups in total. The fourth-order valence-electron chi connectivity index (χ4n) is 2.99. The highest BCUT2D eigenvalue weighted by atomic mass is 19.1. The van der Waals surface area contributed by atoms with E-state index in [2.05, 4.69) is 14.9 Å². The van der Waals surface area contributed by atoms with Crippen molar-refractivity contribution in [3.05, 3.63) is 48.5 Å². The van der Waals surface area contributed by atoms with Crippen LogP contribution in [0.2, 0.25) is 0 Å². The molecule has 3 heterocycles. The highest BCUT2D eigenvalue weighted by molar-refractivity contribution is 6.02. The summed E-state index contributed by atoms with van der Waals surface area (Å²) in [5.41, 5.74) is 3.77. The lowest BCUT2D eigenvalue weighted by atomic mass is 10.0. The Kier molecular flexibility index (Phi) is 3.27. The standard InChI is InChI=1S/C17H16FN3O/c18-13-3-1-2-12(10-13)14-11-20-17-16(14)15(4-5-19-17)21-6-8-22-9-7-21/h1-5,10-11H,6-9H2,(H,19,20). The minimum absolute atomic E-state index is 0.233. The third-order valence-electron chi connectivity index (χ3n) is 4.04. The third-order valence-corrected chi connectivity index (χ3v) is 4.04. The number of aromatic amines is 1. The Bertz CT molecular complexity index is 809. The average Bonchev–Trinajstić information content (AvgIpc) is 3.00. The summed E-state index contributed by atoms with van der Waals surface area (Å²) in [6.07, 6.45) is 3.70. The maximum atomic E-state index is 13.6. The van der Waals surface area contributed by atoms with Crippen LogP contribution in [0.25, 0.3) is 22.2 Å². The summed E-state index contributed by atoms with van der Waals surface area (Å²) < 4.78 is 19.0. The van der Waals surface area contributed by atoms with Crippen molar-refractivity contribution in [2.75, 3.05) is 31.2 Å². The fourth-order valence-corrected chi connectivity index (χ4v) is 2.99. The molecule has 3 aromatic rings. The normalized spacial score (nSPS) is 15.4. The highest BCUT2D eigenvalue weighted by Gasteiger charge is 2.18. The number of benzene rings is 1. The van der Waals surface area contributed by atoms with Crippen molar-refractivity contribution in [2.24, 2.45) is 0 Å². The molecule has 5 heteroatoms. The van der Waals surface area contributed by atoms with Gasteiger partial charge >= 0.3 is 0 Å². The predicted molar refractivity (Wildman–Crippen MR) is 84.5 cm³/mol. The summed E-state index contributed by atoms with van der Waals surface area (Å²) >= 11 is 0. The van der Waals surface area contributed by atoms with Crippen molar-refractivity contribution in [2.45, 2.75) is 0 Å². The molecule has 0 amide bonds. The maximum Gasteiger partial charge on any atom is 0.139 e. The maximum absolute atomic E-state index is 13.6. The predicted octanol–water partition coefficient (Wildman–Crippen LogP) is 3.21. The fraction of sp³-hybridized carbons (Fsp3) is 0.235. The molecule has 112 valence electrons. The van der Waals surface area contributed by atoms with Crippen molar-refractivity contribution in [3.8, 4) is 11.1 Å². The SMILES string of the molecule is Fc1cccc(-c2c[nH]c3nccc(N4CCOCC4)c23)c1. The van der Waals surface area contributed by atoms with Crippen LogP contribution in [0, 0.1) is 5.82 Å². The molecule has 1 aromatic carbocycles. The van der Waals surface area contributed by atoms with Gasteiger partial charge in [0.25, 0.3) is 0 Å². The number of H-pyrrole nitrogens is 1. The van der Waals surface area contributed by atoms with Crippen LogP contribution in [0.4, 0.5) is 10.1 Å². The second-order valence-corrected chi connectivity index (χ2v) is 5.37. The van der Waals surface area contributed by atoms with Crippen LogP contribution < -0.4 is 4.90 Å². The first-order chi connectivity index (χ1) is 10.8. The smallest absolute Gasteiger partial charge is 0.139 e. The van der Waals surface area contributed by atoms with Crippen LogP contribution in [0.5, 0.6) is 0 Å². The van der Waals surface area contributed by atoms with E-state index < -0.39 is 0 Å². The number of hydrogen-bond acceptors (Lipinski definition) is 3. The first kappa shape index (κ1) is 13.3. The number of ether oxygens (including phenoxy) is 1. The molecule has 4 rings (SSSR count). The number of nitrogens with one attached hydrogen (secondary N) is 1. The number of aromatic nitrogens is 2. The van der Waals surface area contributed by atoms with Crippen molar-refractivity contribution < 1.29 is 9.13 Å². The van der Waals surface area contributed by atoms with E-state index in [1.165, 1.54) is 6.07 Å². The molecule has 0 atom stereocenters. The van der Waals surface area contributed by atoms with Gasteiger partial charge in [-0.2, -0.15) is 0 Å². The van der Waals surface area contributed by atoms with E-state index in [9.17, 15) is 4.39 Å². The second kappa shape index (κ2) is 5.42. The van der Waals surface area contributed by atoms with Crippen LogP contribution >= 0.6 is 0 Å². The molecule has 0 spiro atoms. The summed E-state index contributed by atoms with van der Waals surface area (Å²) in [6, 6.07) is 8.68. The summed E-state index contributed by atoms with van der Waals surface area (Å²) in [5.74, 6) is -0.233. The Morgan fingerprint density at radius 2 is 2.05 bits per heavy atom. The van der Waals surface area contributed by atoms with Crippen LogP contribution in [0.3, 0.4) is 0 Å². The monoisotopic (exact) mass is 297 g/mol. The Morgan fingerprint density at radius 3 is 2.86 bits per heavy atom. The molecule has 0 saturated carbocycles. The van der Waals surface area contributed by atoms with Crippen LogP contribution in [-0.4, -0.2) is 36.3 Å². The van der Waals surface area contributed by atoms with Crippen LogP contribution in [-0.2, 0) is 4.74 Å². The molecule has 22 heavy (non-hydrogen) atoms. The zero-order valence-electron chi connectivity index (χ0n) is 12.1. The van der Waals surface area contributed by atoms with Gasteiger partial charge in [-0.15, -0.1) is 0 Å². The van der Waals surface area contributed by atoms with Crippen molar-refractivity contribution in [3.63, 3.8) is 0 Å². The Labute approximate surface area is 127 Å². The van der Waals surface area contributed by atoms with Crippen molar-refractivity contribution in [1.82, 2.24) is 9.97 Å². The first-order valence-corrected chi connectivity index (χ1v) is 7.37. The topological polar surface area (TPSA) is 41.2 Å². The lowest BCUT2D eigenvalue weighted by Crippen LogP contribution is -2.36. The summed E-state index contributed by atoms with van der Waals surface area (Å²) in [4.78, 5) is 9.89. The Balaban J connectivity index is 1.89. The van der Waals surface area contributed by atoms with Gasteiger partial charge in [-0.05, 0) is 23.8 Å². The Morgan fingerprint density at radius 1 is 1.18 bits per heavy atom. The molecule has 1 aliphatic rings. The minimum atomic E-state index is -0.233. The van der Waals surface area contributed by atoms with Crippen LogP contribution in [0.15, 0.2) is 42.7 Å². The summed E-state index contributed by atoms with van der Waals surface area (Å²) in [5, 5.41) is 1.04. The van der Waals surface area contributed by atoms with Gasteiger partial charge in [-0.1, -0.05) is 12.1 Å². The number of morpholine rings is 1. The van der Waals surface area contributed by atoms with Crippen molar-refractivity contribution >= 4 is 16.7 Å². The van der Waals surface area contributed by atoms with Gasteiger partial charge in [0.2, 0.25) is 0 Å². The molecule has 1 saturated heterocycles. The number of nitrogens with zero attached hydrogens (tertiary/aromatic N) is 2. The van der Waals surface area contributed by atoms with E-state index in [0.29, 0.717) is 0 Å². The summed E-state index contributed by atoms with van der Waals surface area (Å²) in [7, 11) is 0. The number of pyridine rings is 1. The van der Waals surface area contributed by atoms with E-state index in [1.807, 2.05) is 18.3 Å². The summed E-state index contributed by atoms with van der Waals surface area (Å²) in [6.45, 7) is 3.16. The molecule has 1 aliphatic heterocycles. The molecule has 1 fully saturated rings. The van der Waals surface area contributed by atoms with E-state index in [0.717, 1.165) is 54.2 Å². The van der Waals surface area contributed by atoms with E-state index in [4.69, 9.17) is 4.74 Å². The minimum Gasteiger partial charge on any atom is -0.378 e. The zero-order chi connectivity index (χ0) is 14.9. The average molecular weight is 297 g/mol. The zero-order valence-corrected chi connectivity index (χ0v) is 12.1. The van der Waals surface area contributed by atoms with E-state index in [1.54, 1.807) is 18.3 Å². The largest absolute Gasteiger partial charge is 0.378 e. The second-order valence-electron chi connectivity index (χ2n) is 5.37. The molecule has 0 radical (unpaired) electrons. The molecule has 0 aliphatic carbocycles. The van der Waals surface area contributed by atoms with Gasteiger partial charge in [0.15, 0.2) is 0 Å². The van der Waals surface area contributed by atoms with Gasteiger partial charge in [-0.3, -0.25) is 0 Å². The number of hydrogen-bond donors (Lipinski definition) is 1. The molecular formula is C17H16FN3O. The van der Waals surface area contributed by atoms with Crippen LogP contribution in [0.1, 0.15) is 0 Å². The number of fused-ring (bicyclic) bond motifs is 1. The van der Waals surface area contributed by atoms with Gasteiger partial charge < -0.3 is 14.6 Å².